The van der Waals surface area contributed by atoms with E-state index in [2.05, 4.69) is 61.4 Å². The molecule has 1 atom stereocenters. The summed E-state index contributed by atoms with van der Waals surface area (Å²) in [4.78, 5) is 1.68. The van der Waals surface area contributed by atoms with Crippen LogP contribution in [0, 0.1) is 19.3 Å². The Kier molecular flexibility index (Phi) is 5.55. The van der Waals surface area contributed by atoms with Crippen molar-refractivity contribution in [1.82, 2.24) is 20.3 Å². The molecule has 0 spiro atoms. The number of hydrogen-bond acceptors (Lipinski definition) is 4. The molecular weight excluding hydrogens is 288 g/mol. The van der Waals surface area contributed by atoms with Crippen LogP contribution in [0.25, 0.3) is 5.69 Å². The fourth-order valence-corrected chi connectivity index (χ4v) is 2.97. The zero-order chi connectivity index (χ0) is 17.0. The number of hydrogen-bond donors (Lipinski definition) is 2. The third-order valence-electron chi connectivity index (χ3n) is 3.73. The van der Waals surface area contributed by atoms with Crippen molar-refractivity contribution < 1.29 is 5.11 Å². The van der Waals surface area contributed by atoms with Gasteiger partial charge in [0, 0.05) is 13.1 Å². The van der Waals surface area contributed by atoms with Crippen LogP contribution < -0.4 is 5.32 Å². The molecule has 5 nitrogen and oxygen atoms in total. The van der Waals surface area contributed by atoms with Crippen LogP contribution in [0.4, 0.5) is 0 Å². The monoisotopic (exact) mass is 316 g/mol. The number of aromatic nitrogens is 3. The molecule has 0 radical (unpaired) electrons. The van der Waals surface area contributed by atoms with Gasteiger partial charge >= 0.3 is 0 Å². The summed E-state index contributed by atoms with van der Waals surface area (Å²) >= 11 is 0. The van der Waals surface area contributed by atoms with Gasteiger partial charge in [-0.3, -0.25) is 0 Å². The molecule has 0 aliphatic rings. The van der Waals surface area contributed by atoms with Crippen molar-refractivity contribution in [3.8, 4) is 5.69 Å². The van der Waals surface area contributed by atoms with E-state index in [1.54, 1.807) is 11.0 Å². The van der Waals surface area contributed by atoms with Crippen molar-refractivity contribution in [2.75, 3.05) is 6.54 Å². The number of aryl methyl sites for hydroxylation is 2. The maximum absolute atomic E-state index is 9.53. The van der Waals surface area contributed by atoms with E-state index in [1.807, 2.05) is 6.92 Å². The zero-order valence-corrected chi connectivity index (χ0v) is 14.8. The highest BCUT2D eigenvalue weighted by Gasteiger charge is 2.19. The number of rotatable bonds is 7. The second-order valence-electron chi connectivity index (χ2n) is 7.29. The van der Waals surface area contributed by atoms with Gasteiger partial charge in [-0.15, -0.1) is 0 Å². The summed E-state index contributed by atoms with van der Waals surface area (Å²) in [6, 6.07) is 6.30. The standard InChI is InChI=1S/C18H28N4O/c1-13-6-14(2)8-17(7-13)22-20-11-16(21-22)10-19-12-18(4,5)9-15(3)23/h6-8,11,15,19,23H,9-10,12H2,1-5H3. The second kappa shape index (κ2) is 7.23. The zero-order valence-electron chi connectivity index (χ0n) is 14.8. The predicted octanol–water partition coefficient (Wildman–Crippen LogP) is 2.77. The summed E-state index contributed by atoms with van der Waals surface area (Å²) in [5.74, 6) is 0. The lowest BCUT2D eigenvalue weighted by atomic mass is 9.87. The minimum atomic E-state index is -0.280. The molecule has 1 heterocycles. The van der Waals surface area contributed by atoms with E-state index < -0.39 is 0 Å². The molecule has 0 saturated carbocycles. The van der Waals surface area contributed by atoms with Crippen molar-refractivity contribution in [2.24, 2.45) is 5.41 Å². The van der Waals surface area contributed by atoms with Gasteiger partial charge in [-0.1, -0.05) is 19.9 Å². The van der Waals surface area contributed by atoms with Crippen molar-refractivity contribution in [3.05, 3.63) is 41.2 Å². The van der Waals surface area contributed by atoms with Gasteiger partial charge in [0.05, 0.1) is 23.7 Å². The summed E-state index contributed by atoms with van der Waals surface area (Å²) in [6.07, 6.45) is 2.29. The lowest BCUT2D eigenvalue weighted by Gasteiger charge is -2.26. The number of nitrogens with zero attached hydrogens (tertiary/aromatic N) is 3. The molecule has 2 rings (SSSR count). The quantitative estimate of drug-likeness (QED) is 0.824. The van der Waals surface area contributed by atoms with E-state index in [9.17, 15) is 5.11 Å². The number of nitrogens with one attached hydrogen (secondary N) is 1. The molecule has 0 aliphatic carbocycles. The smallest absolute Gasteiger partial charge is 0.0969 e. The molecular formula is C18H28N4O. The van der Waals surface area contributed by atoms with Gasteiger partial charge in [0.25, 0.3) is 0 Å². The maximum atomic E-state index is 9.53. The third-order valence-corrected chi connectivity index (χ3v) is 3.73. The predicted molar refractivity (Wildman–Crippen MR) is 92.6 cm³/mol. The lowest BCUT2D eigenvalue weighted by molar-refractivity contribution is 0.128. The first-order chi connectivity index (χ1) is 10.7. The fraction of sp³-hybridized carbons (Fsp3) is 0.556. The summed E-state index contributed by atoms with van der Waals surface area (Å²) in [6.45, 7) is 11.8. The van der Waals surface area contributed by atoms with Crippen LogP contribution in [0.2, 0.25) is 0 Å². The van der Waals surface area contributed by atoms with Crippen LogP contribution in [-0.2, 0) is 6.54 Å². The Morgan fingerprint density at radius 2 is 1.87 bits per heavy atom. The van der Waals surface area contributed by atoms with E-state index in [-0.39, 0.29) is 11.5 Å². The van der Waals surface area contributed by atoms with Crippen molar-refractivity contribution >= 4 is 0 Å². The number of aliphatic hydroxyl groups excluding tert-OH is 1. The van der Waals surface area contributed by atoms with Crippen LogP contribution >= 0.6 is 0 Å². The maximum Gasteiger partial charge on any atom is 0.0969 e. The summed E-state index contributed by atoms with van der Waals surface area (Å²) in [5.41, 5.74) is 4.37. The normalized spacial score (nSPS) is 13.3. The second-order valence-corrected chi connectivity index (χ2v) is 7.29. The van der Waals surface area contributed by atoms with E-state index >= 15 is 0 Å². The van der Waals surface area contributed by atoms with Gasteiger partial charge < -0.3 is 10.4 Å². The van der Waals surface area contributed by atoms with E-state index in [0.29, 0.717) is 6.54 Å². The highest BCUT2D eigenvalue weighted by Crippen LogP contribution is 2.21. The highest BCUT2D eigenvalue weighted by atomic mass is 16.3. The highest BCUT2D eigenvalue weighted by molar-refractivity contribution is 5.37. The van der Waals surface area contributed by atoms with Gasteiger partial charge in [-0.2, -0.15) is 15.0 Å². The molecule has 2 N–H and O–H groups in total. The Labute approximate surface area is 138 Å². The molecule has 23 heavy (non-hydrogen) atoms. The SMILES string of the molecule is Cc1cc(C)cc(-n2ncc(CNCC(C)(C)CC(C)O)n2)c1. The van der Waals surface area contributed by atoms with Gasteiger partial charge in [0.15, 0.2) is 0 Å². The van der Waals surface area contributed by atoms with Gasteiger partial charge in [0.1, 0.15) is 0 Å². The Bertz CT molecular complexity index is 626. The van der Waals surface area contributed by atoms with Crippen LogP contribution in [0.15, 0.2) is 24.4 Å². The fourth-order valence-electron chi connectivity index (χ4n) is 2.97. The first kappa shape index (κ1) is 17.6. The van der Waals surface area contributed by atoms with Crippen LogP contribution in [0.3, 0.4) is 0 Å². The van der Waals surface area contributed by atoms with Gasteiger partial charge in [0.2, 0.25) is 0 Å². The Hall–Kier alpha value is -1.72. The topological polar surface area (TPSA) is 63.0 Å². The first-order valence-corrected chi connectivity index (χ1v) is 8.14. The van der Waals surface area contributed by atoms with E-state index in [4.69, 9.17) is 0 Å². The summed E-state index contributed by atoms with van der Waals surface area (Å²) < 4.78 is 0. The number of benzene rings is 1. The molecule has 0 saturated heterocycles. The molecule has 2 aromatic rings. The third kappa shape index (κ3) is 5.44. The Morgan fingerprint density at radius 1 is 1.22 bits per heavy atom. The van der Waals surface area contributed by atoms with Gasteiger partial charge in [-0.25, -0.2) is 0 Å². The molecule has 1 unspecified atom stereocenters. The van der Waals surface area contributed by atoms with Gasteiger partial charge in [-0.05, 0) is 55.9 Å². The number of aliphatic hydroxyl groups is 1. The first-order valence-electron chi connectivity index (χ1n) is 8.14. The molecule has 1 aromatic carbocycles. The minimum absolute atomic E-state index is 0.0534. The average Bonchev–Trinajstić information content (AvgIpc) is 2.84. The van der Waals surface area contributed by atoms with Crippen LogP contribution in [0.1, 0.15) is 44.0 Å². The Morgan fingerprint density at radius 3 is 2.48 bits per heavy atom. The molecule has 1 aromatic heterocycles. The molecule has 5 heteroatoms. The molecule has 0 fully saturated rings. The molecule has 0 amide bonds. The summed E-state index contributed by atoms with van der Waals surface area (Å²) in [5, 5.41) is 21.8. The summed E-state index contributed by atoms with van der Waals surface area (Å²) in [7, 11) is 0. The Balaban J connectivity index is 1.95. The molecule has 126 valence electrons. The van der Waals surface area contributed by atoms with E-state index in [1.165, 1.54) is 11.1 Å². The van der Waals surface area contributed by atoms with Crippen molar-refractivity contribution in [2.45, 2.75) is 53.7 Å². The largest absolute Gasteiger partial charge is 0.393 e. The van der Waals surface area contributed by atoms with Crippen molar-refractivity contribution in [3.63, 3.8) is 0 Å². The average molecular weight is 316 g/mol. The van der Waals surface area contributed by atoms with Crippen LogP contribution in [0.5, 0.6) is 0 Å². The molecule has 0 bridgehead atoms. The van der Waals surface area contributed by atoms with E-state index in [0.717, 1.165) is 24.3 Å². The molecule has 0 aliphatic heterocycles. The van der Waals surface area contributed by atoms with Crippen LogP contribution in [-0.4, -0.2) is 32.7 Å². The lowest BCUT2D eigenvalue weighted by Crippen LogP contribution is -2.31. The van der Waals surface area contributed by atoms with Crippen molar-refractivity contribution in [1.29, 1.82) is 0 Å². The minimum Gasteiger partial charge on any atom is -0.393 e.